The Balaban J connectivity index is 1.80. The fourth-order valence-corrected chi connectivity index (χ4v) is 2.99. The lowest BCUT2D eigenvalue weighted by Gasteiger charge is -2.16. The van der Waals surface area contributed by atoms with Crippen molar-refractivity contribution in [1.82, 2.24) is 0 Å². The lowest BCUT2D eigenvalue weighted by Crippen LogP contribution is -2.10. The molecule has 0 radical (unpaired) electrons. The highest BCUT2D eigenvalue weighted by Crippen LogP contribution is 2.41. The van der Waals surface area contributed by atoms with Crippen molar-refractivity contribution in [3.63, 3.8) is 0 Å². The summed E-state index contributed by atoms with van der Waals surface area (Å²) in [5, 5.41) is 3.36. The van der Waals surface area contributed by atoms with E-state index in [9.17, 15) is 0 Å². The van der Waals surface area contributed by atoms with Gasteiger partial charge in [-0.1, -0.05) is 49.0 Å². The molecule has 0 spiro atoms. The zero-order valence-electron chi connectivity index (χ0n) is 14.7. The van der Waals surface area contributed by atoms with Crippen LogP contribution < -0.4 is 10.1 Å². The highest BCUT2D eigenvalue weighted by molar-refractivity contribution is 7.80. The second-order valence-electron chi connectivity index (χ2n) is 6.65. The molecule has 0 unspecified atom stereocenters. The van der Waals surface area contributed by atoms with Crippen LogP contribution in [0.25, 0.3) is 0 Å². The van der Waals surface area contributed by atoms with Crippen molar-refractivity contribution >= 4 is 22.9 Å². The molecule has 2 nitrogen and oxygen atoms in total. The second kappa shape index (κ2) is 7.35. The Kier molecular flexibility index (Phi) is 5.20. The monoisotopic (exact) mass is 339 g/mol. The third-order valence-electron chi connectivity index (χ3n) is 4.49. The van der Waals surface area contributed by atoms with E-state index in [4.69, 9.17) is 17.0 Å². The molecule has 0 atom stereocenters. The molecule has 24 heavy (non-hydrogen) atoms. The summed E-state index contributed by atoms with van der Waals surface area (Å²) < 4.78 is 6.11. The van der Waals surface area contributed by atoms with Crippen LogP contribution in [0, 0.1) is 13.8 Å². The van der Waals surface area contributed by atoms with Crippen LogP contribution in [0.4, 0.5) is 5.69 Å². The molecule has 3 rings (SSSR count). The number of aryl methyl sites for hydroxylation is 2. The van der Waals surface area contributed by atoms with Gasteiger partial charge in [-0.25, -0.2) is 0 Å². The molecule has 0 saturated heterocycles. The fourth-order valence-electron chi connectivity index (χ4n) is 2.88. The normalized spacial score (nSPS) is 13.6. The number of benzene rings is 2. The van der Waals surface area contributed by atoms with Crippen LogP contribution in [-0.2, 0) is 6.61 Å². The maximum absolute atomic E-state index is 6.11. The molecule has 1 N–H and O–H groups in total. The van der Waals surface area contributed by atoms with E-state index in [0.717, 1.165) is 28.8 Å². The summed E-state index contributed by atoms with van der Waals surface area (Å²) >= 11 is 5.35. The largest absolute Gasteiger partial charge is 0.489 e. The summed E-state index contributed by atoms with van der Waals surface area (Å²) in [7, 11) is 0. The molecule has 0 bridgehead atoms. The lowest BCUT2D eigenvalue weighted by molar-refractivity contribution is 0.304. The Morgan fingerprint density at radius 1 is 1.17 bits per heavy atom. The summed E-state index contributed by atoms with van der Waals surface area (Å²) in [6, 6.07) is 13.0. The van der Waals surface area contributed by atoms with Crippen LogP contribution in [-0.4, -0.2) is 4.99 Å². The first-order chi connectivity index (χ1) is 11.6. The van der Waals surface area contributed by atoms with E-state index in [1.165, 1.54) is 35.1 Å². The number of rotatable bonds is 6. The molecule has 3 heteroatoms. The van der Waals surface area contributed by atoms with Gasteiger partial charge >= 0.3 is 0 Å². The topological polar surface area (TPSA) is 21.3 Å². The van der Waals surface area contributed by atoms with Crippen LogP contribution in [0.3, 0.4) is 0 Å². The SMILES string of the molecule is CCC(=S)Nc1ccc(C2CC2)cc1COc1ccc(C)cc1C. The van der Waals surface area contributed by atoms with E-state index in [2.05, 4.69) is 62.5 Å². The number of anilines is 1. The molecule has 0 aliphatic heterocycles. The van der Waals surface area contributed by atoms with Gasteiger partial charge in [0.25, 0.3) is 0 Å². The van der Waals surface area contributed by atoms with E-state index in [1.807, 2.05) is 0 Å². The van der Waals surface area contributed by atoms with E-state index in [-0.39, 0.29) is 0 Å². The number of hydrogen-bond acceptors (Lipinski definition) is 2. The average molecular weight is 340 g/mol. The predicted octanol–water partition coefficient (Wildman–Crippen LogP) is 5.91. The first kappa shape index (κ1) is 17.0. The highest BCUT2D eigenvalue weighted by atomic mass is 32.1. The molecule has 126 valence electrons. The van der Waals surface area contributed by atoms with E-state index in [0.29, 0.717) is 6.61 Å². The summed E-state index contributed by atoms with van der Waals surface area (Å²) in [6.07, 6.45) is 3.45. The number of thiocarbonyl (C=S) groups is 1. The molecule has 1 fully saturated rings. The Morgan fingerprint density at radius 3 is 2.62 bits per heavy atom. The zero-order chi connectivity index (χ0) is 17.1. The van der Waals surface area contributed by atoms with Gasteiger partial charge in [-0.3, -0.25) is 0 Å². The molecule has 0 amide bonds. The van der Waals surface area contributed by atoms with Gasteiger partial charge in [0.05, 0.1) is 4.99 Å². The summed E-state index contributed by atoms with van der Waals surface area (Å²) in [6.45, 7) is 6.82. The van der Waals surface area contributed by atoms with Gasteiger partial charge in [0.2, 0.25) is 0 Å². The molecule has 1 aliphatic carbocycles. The van der Waals surface area contributed by atoms with Gasteiger partial charge in [-0.2, -0.15) is 0 Å². The molecule has 0 aromatic heterocycles. The first-order valence-corrected chi connectivity index (χ1v) is 9.10. The van der Waals surface area contributed by atoms with Crippen molar-refractivity contribution in [2.24, 2.45) is 0 Å². The first-order valence-electron chi connectivity index (χ1n) is 8.69. The Bertz CT molecular complexity index is 749. The van der Waals surface area contributed by atoms with Crippen molar-refractivity contribution in [3.8, 4) is 5.75 Å². The number of ether oxygens (including phenoxy) is 1. The van der Waals surface area contributed by atoms with E-state index < -0.39 is 0 Å². The van der Waals surface area contributed by atoms with Gasteiger partial charge in [0, 0.05) is 11.3 Å². The smallest absolute Gasteiger partial charge is 0.122 e. The molecule has 1 saturated carbocycles. The molecule has 2 aromatic carbocycles. The lowest BCUT2D eigenvalue weighted by atomic mass is 10.1. The van der Waals surface area contributed by atoms with Crippen LogP contribution in [0.2, 0.25) is 0 Å². The van der Waals surface area contributed by atoms with Gasteiger partial charge in [-0.05, 0) is 62.3 Å². The predicted molar refractivity (Wildman–Crippen MR) is 105 cm³/mol. The third-order valence-corrected chi connectivity index (χ3v) is 4.88. The molecule has 2 aromatic rings. The quantitative estimate of drug-likeness (QED) is 0.661. The minimum Gasteiger partial charge on any atom is -0.489 e. The van der Waals surface area contributed by atoms with Crippen LogP contribution in [0.15, 0.2) is 36.4 Å². The Labute approximate surface area is 150 Å². The van der Waals surface area contributed by atoms with Crippen molar-refractivity contribution < 1.29 is 4.74 Å². The summed E-state index contributed by atoms with van der Waals surface area (Å²) in [5.41, 5.74) is 6.09. The van der Waals surface area contributed by atoms with Crippen LogP contribution in [0.1, 0.15) is 54.4 Å². The molecule has 0 heterocycles. The van der Waals surface area contributed by atoms with E-state index >= 15 is 0 Å². The number of nitrogens with one attached hydrogen (secondary N) is 1. The maximum Gasteiger partial charge on any atom is 0.122 e. The minimum atomic E-state index is 0.555. The number of hydrogen-bond donors (Lipinski definition) is 1. The second-order valence-corrected chi connectivity index (χ2v) is 7.14. The summed E-state index contributed by atoms with van der Waals surface area (Å²) in [4.78, 5) is 0.863. The Morgan fingerprint density at radius 2 is 1.96 bits per heavy atom. The van der Waals surface area contributed by atoms with Crippen molar-refractivity contribution in [2.45, 2.75) is 52.6 Å². The van der Waals surface area contributed by atoms with Crippen molar-refractivity contribution in [1.29, 1.82) is 0 Å². The van der Waals surface area contributed by atoms with Gasteiger partial charge in [-0.15, -0.1) is 0 Å². The third kappa shape index (κ3) is 4.15. The van der Waals surface area contributed by atoms with Crippen molar-refractivity contribution in [3.05, 3.63) is 58.7 Å². The zero-order valence-corrected chi connectivity index (χ0v) is 15.5. The molecule has 1 aliphatic rings. The van der Waals surface area contributed by atoms with Gasteiger partial charge < -0.3 is 10.1 Å². The maximum atomic E-state index is 6.11. The van der Waals surface area contributed by atoms with Crippen LogP contribution in [0.5, 0.6) is 5.75 Å². The Hall–Kier alpha value is -1.87. The summed E-state index contributed by atoms with van der Waals surface area (Å²) in [5.74, 6) is 1.68. The van der Waals surface area contributed by atoms with Gasteiger partial charge in [0.15, 0.2) is 0 Å². The van der Waals surface area contributed by atoms with Crippen molar-refractivity contribution in [2.75, 3.05) is 5.32 Å². The van der Waals surface area contributed by atoms with E-state index in [1.54, 1.807) is 0 Å². The highest BCUT2D eigenvalue weighted by Gasteiger charge is 2.24. The van der Waals surface area contributed by atoms with Gasteiger partial charge in [0.1, 0.15) is 12.4 Å². The standard InChI is InChI=1S/C21H25NOS/c1-4-21(24)22-19-9-8-17(16-6-7-16)12-18(19)13-23-20-10-5-14(2)11-15(20)3/h5,8-12,16H,4,6-7,13H2,1-3H3,(H,22,24). The fraction of sp³-hybridized carbons (Fsp3) is 0.381. The molecular formula is C21H25NOS. The van der Waals surface area contributed by atoms with Crippen LogP contribution >= 0.6 is 12.2 Å². The average Bonchev–Trinajstić information content (AvgIpc) is 3.40. The molecular weight excluding hydrogens is 314 g/mol. The minimum absolute atomic E-state index is 0.555.